The van der Waals surface area contributed by atoms with E-state index in [1.807, 2.05) is 6.20 Å². The minimum atomic E-state index is -0.796. The fourth-order valence-electron chi connectivity index (χ4n) is 1.97. The zero-order valence-corrected chi connectivity index (χ0v) is 11.8. The van der Waals surface area contributed by atoms with Crippen LogP contribution in [-0.4, -0.2) is 29.3 Å². The number of hydrogen-bond donors (Lipinski definition) is 2. The van der Waals surface area contributed by atoms with E-state index in [1.54, 1.807) is 17.9 Å². The highest BCUT2D eigenvalue weighted by atomic mass is 19.1. The van der Waals surface area contributed by atoms with Crippen molar-refractivity contribution in [3.63, 3.8) is 0 Å². The SMILES string of the molecule is CNc1c(F)cc(C(=O)NCCc2cnn(C)c2)cc1F. The van der Waals surface area contributed by atoms with Gasteiger partial charge in [0.2, 0.25) is 0 Å². The van der Waals surface area contributed by atoms with Gasteiger partial charge in [-0.05, 0) is 24.1 Å². The molecule has 0 unspecified atom stereocenters. The van der Waals surface area contributed by atoms with Gasteiger partial charge in [0.1, 0.15) is 17.3 Å². The van der Waals surface area contributed by atoms with E-state index in [2.05, 4.69) is 15.7 Å². The van der Waals surface area contributed by atoms with Crippen LogP contribution in [0.5, 0.6) is 0 Å². The first-order chi connectivity index (χ1) is 10.0. The predicted octanol–water partition coefficient (Wildman–Crippen LogP) is 1.71. The molecule has 0 saturated heterocycles. The first kappa shape index (κ1) is 15.0. The monoisotopic (exact) mass is 294 g/mol. The van der Waals surface area contributed by atoms with Gasteiger partial charge in [0.05, 0.1) is 6.20 Å². The number of rotatable bonds is 5. The van der Waals surface area contributed by atoms with Gasteiger partial charge in [0.15, 0.2) is 0 Å². The Kier molecular flexibility index (Phi) is 4.52. The number of anilines is 1. The molecule has 0 fully saturated rings. The summed E-state index contributed by atoms with van der Waals surface area (Å²) >= 11 is 0. The Morgan fingerprint density at radius 3 is 2.52 bits per heavy atom. The van der Waals surface area contributed by atoms with E-state index >= 15 is 0 Å². The average molecular weight is 294 g/mol. The average Bonchev–Trinajstić information content (AvgIpc) is 2.84. The number of carbonyl (C=O) groups excluding carboxylic acids is 1. The Morgan fingerprint density at radius 2 is 2.00 bits per heavy atom. The second-order valence-electron chi connectivity index (χ2n) is 4.59. The maximum atomic E-state index is 13.6. The number of benzene rings is 1. The summed E-state index contributed by atoms with van der Waals surface area (Å²) in [6.07, 6.45) is 4.14. The fourth-order valence-corrected chi connectivity index (χ4v) is 1.97. The molecule has 2 rings (SSSR count). The van der Waals surface area contributed by atoms with Crippen LogP contribution in [0, 0.1) is 11.6 Å². The summed E-state index contributed by atoms with van der Waals surface area (Å²) in [4.78, 5) is 11.9. The van der Waals surface area contributed by atoms with Gasteiger partial charge in [-0.25, -0.2) is 8.78 Å². The van der Waals surface area contributed by atoms with Crippen molar-refractivity contribution < 1.29 is 13.6 Å². The van der Waals surface area contributed by atoms with Crippen molar-refractivity contribution in [2.24, 2.45) is 7.05 Å². The Bertz CT molecular complexity index is 631. The highest BCUT2D eigenvalue weighted by Gasteiger charge is 2.14. The molecule has 5 nitrogen and oxygen atoms in total. The van der Waals surface area contributed by atoms with Crippen LogP contribution < -0.4 is 10.6 Å². The van der Waals surface area contributed by atoms with Crippen LogP contribution in [0.25, 0.3) is 0 Å². The van der Waals surface area contributed by atoms with Crippen molar-refractivity contribution >= 4 is 11.6 Å². The van der Waals surface area contributed by atoms with Crippen LogP contribution >= 0.6 is 0 Å². The highest BCUT2D eigenvalue weighted by molar-refractivity contribution is 5.94. The molecule has 0 spiro atoms. The summed E-state index contributed by atoms with van der Waals surface area (Å²) in [5.41, 5.74) is 0.679. The Morgan fingerprint density at radius 1 is 1.33 bits per heavy atom. The zero-order chi connectivity index (χ0) is 15.4. The standard InChI is InChI=1S/C14H16F2N4O/c1-17-13-11(15)5-10(6-12(13)16)14(21)18-4-3-9-7-19-20(2)8-9/h5-8,17H,3-4H2,1-2H3,(H,18,21). The number of carbonyl (C=O) groups is 1. The fraction of sp³-hybridized carbons (Fsp3) is 0.286. The summed E-state index contributed by atoms with van der Waals surface area (Å²) in [7, 11) is 3.21. The summed E-state index contributed by atoms with van der Waals surface area (Å²) in [6, 6.07) is 2.02. The second kappa shape index (κ2) is 6.34. The minimum absolute atomic E-state index is 0.0461. The van der Waals surface area contributed by atoms with Crippen molar-refractivity contribution in [1.82, 2.24) is 15.1 Å². The number of nitrogens with one attached hydrogen (secondary N) is 2. The molecule has 1 amide bonds. The quantitative estimate of drug-likeness (QED) is 0.882. The molecule has 21 heavy (non-hydrogen) atoms. The topological polar surface area (TPSA) is 59.0 Å². The number of aryl methyl sites for hydroxylation is 1. The van der Waals surface area contributed by atoms with Crippen molar-refractivity contribution in [3.05, 3.63) is 47.3 Å². The summed E-state index contributed by atoms with van der Waals surface area (Å²) in [5.74, 6) is -2.11. The molecule has 0 atom stereocenters. The first-order valence-electron chi connectivity index (χ1n) is 6.43. The van der Waals surface area contributed by atoms with Crippen LogP contribution in [0.1, 0.15) is 15.9 Å². The van der Waals surface area contributed by atoms with E-state index in [4.69, 9.17) is 0 Å². The molecule has 0 aliphatic carbocycles. The minimum Gasteiger partial charge on any atom is -0.383 e. The third kappa shape index (κ3) is 3.56. The molecule has 1 aromatic heterocycles. The van der Waals surface area contributed by atoms with Gasteiger partial charge in [-0.2, -0.15) is 5.10 Å². The normalized spacial score (nSPS) is 10.5. The smallest absolute Gasteiger partial charge is 0.251 e. The van der Waals surface area contributed by atoms with Crippen molar-refractivity contribution in [3.8, 4) is 0 Å². The molecule has 0 aliphatic heterocycles. The van der Waals surface area contributed by atoms with Crippen molar-refractivity contribution in [1.29, 1.82) is 0 Å². The Hall–Kier alpha value is -2.44. The van der Waals surface area contributed by atoms with E-state index in [0.29, 0.717) is 13.0 Å². The van der Waals surface area contributed by atoms with Gasteiger partial charge in [0.25, 0.3) is 5.91 Å². The molecule has 2 N–H and O–H groups in total. The second-order valence-corrected chi connectivity index (χ2v) is 4.59. The van der Waals surface area contributed by atoms with Gasteiger partial charge in [-0.3, -0.25) is 9.48 Å². The van der Waals surface area contributed by atoms with E-state index in [0.717, 1.165) is 17.7 Å². The van der Waals surface area contributed by atoms with Crippen molar-refractivity contribution in [2.45, 2.75) is 6.42 Å². The van der Waals surface area contributed by atoms with E-state index < -0.39 is 17.5 Å². The Balaban J connectivity index is 1.97. The molecule has 0 saturated carbocycles. The predicted molar refractivity (Wildman–Crippen MR) is 75.1 cm³/mol. The van der Waals surface area contributed by atoms with E-state index in [-0.39, 0.29) is 11.3 Å². The van der Waals surface area contributed by atoms with Crippen LogP contribution in [-0.2, 0) is 13.5 Å². The Labute approximate surface area is 121 Å². The van der Waals surface area contributed by atoms with Crippen LogP contribution in [0.2, 0.25) is 0 Å². The lowest BCUT2D eigenvalue weighted by Gasteiger charge is -2.08. The molecule has 0 bridgehead atoms. The molecule has 0 radical (unpaired) electrons. The number of aromatic nitrogens is 2. The number of amides is 1. The van der Waals surface area contributed by atoms with Gasteiger partial charge >= 0.3 is 0 Å². The summed E-state index contributed by atoms with van der Waals surface area (Å²) in [6.45, 7) is 0.363. The molecule has 1 heterocycles. The van der Waals surface area contributed by atoms with E-state index in [9.17, 15) is 13.6 Å². The lowest BCUT2D eigenvalue weighted by molar-refractivity contribution is 0.0953. The third-order valence-corrected chi connectivity index (χ3v) is 3.01. The molecule has 7 heteroatoms. The number of hydrogen-bond acceptors (Lipinski definition) is 3. The van der Waals surface area contributed by atoms with Gasteiger partial charge in [-0.1, -0.05) is 0 Å². The molecular weight excluding hydrogens is 278 g/mol. The summed E-state index contributed by atoms with van der Waals surface area (Å²) in [5, 5.41) is 9.04. The van der Waals surface area contributed by atoms with Gasteiger partial charge in [-0.15, -0.1) is 0 Å². The molecular formula is C14H16F2N4O. The maximum absolute atomic E-state index is 13.6. The van der Waals surface area contributed by atoms with Gasteiger partial charge < -0.3 is 10.6 Å². The van der Waals surface area contributed by atoms with E-state index in [1.165, 1.54) is 7.05 Å². The molecule has 2 aromatic rings. The zero-order valence-electron chi connectivity index (χ0n) is 11.8. The highest BCUT2D eigenvalue weighted by Crippen LogP contribution is 2.20. The van der Waals surface area contributed by atoms with Crippen LogP contribution in [0.3, 0.4) is 0 Å². The largest absolute Gasteiger partial charge is 0.383 e. The maximum Gasteiger partial charge on any atom is 0.251 e. The van der Waals surface area contributed by atoms with Gasteiger partial charge in [0, 0.05) is 32.4 Å². The lowest BCUT2D eigenvalue weighted by Crippen LogP contribution is -2.26. The first-order valence-corrected chi connectivity index (χ1v) is 6.43. The lowest BCUT2D eigenvalue weighted by atomic mass is 10.1. The summed E-state index contributed by atoms with van der Waals surface area (Å²) < 4.78 is 28.8. The number of halogens is 2. The molecule has 0 aliphatic rings. The molecule has 1 aromatic carbocycles. The third-order valence-electron chi connectivity index (χ3n) is 3.01. The number of nitrogens with zero attached hydrogens (tertiary/aromatic N) is 2. The molecule has 112 valence electrons. The van der Waals surface area contributed by atoms with Crippen LogP contribution in [0.15, 0.2) is 24.5 Å². The van der Waals surface area contributed by atoms with Crippen LogP contribution in [0.4, 0.5) is 14.5 Å². The van der Waals surface area contributed by atoms with Crippen molar-refractivity contribution in [2.75, 3.05) is 18.9 Å².